The first-order valence-corrected chi connectivity index (χ1v) is 10.1. The van der Waals surface area contributed by atoms with Gasteiger partial charge in [-0.1, -0.05) is 19.9 Å². The first-order chi connectivity index (χ1) is 13.7. The lowest BCUT2D eigenvalue weighted by atomic mass is 10.2. The normalized spacial score (nSPS) is 16.3. The molecule has 1 atom stereocenters. The van der Waals surface area contributed by atoms with Gasteiger partial charge >= 0.3 is 0 Å². The lowest BCUT2D eigenvalue weighted by molar-refractivity contribution is -0.122. The van der Waals surface area contributed by atoms with Gasteiger partial charge in [-0.05, 0) is 37.4 Å². The van der Waals surface area contributed by atoms with Crippen molar-refractivity contribution >= 4 is 11.7 Å². The molecule has 7 nitrogen and oxygen atoms in total. The Balaban J connectivity index is 1.46. The summed E-state index contributed by atoms with van der Waals surface area (Å²) in [6.07, 6.45) is 3.51. The monoisotopic (exact) mass is 385 g/mol. The van der Waals surface area contributed by atoms with Gasteiger partial charge in [-0.15, -0.1) is 0 Å². The SMILES string of the molecule is CCN(CC)[C@H](CNC(=O)CN1CCN(c2ccccn2)CC1)c1ccco1. The Kier molecular flexibility index (Phi) is 7.45. The molecular weight excluding hydrogens is 354 g/mol. The van der Waals surface area contributed by atoms with Gasteiger partial charge in [0.2, 0.25) is 5.91 Å². The van der Waals surface area contributed by atoms with E-state index >= 15 is 0 Å². The van der Waals surface area contributed by atoms with Crippen LogP contribution in [-0.4, -0.2) is 73.0 Å². The standard InChI is InChI=1S/C21H31N5O2/c1-3-25(4-2)18(19-8-7-15-28-19)16-23-21(27)17-24-11-13-26(14-12-24)20-9-5-6-10-22-20/h5-10,15,18H,3-4,11-14,16-17H2,1-2H3,(H,23,27)/t18-/m1/s1. The number of piperazine rings is 1. The highest BCUT2D eigenvalue weighted by Crippen LogP contribution is 2.20. The van der Waals surface area contributed by atoms with Gasteiger partial charge in [0.1, 0.15) is 11.6 Å². The average molecular weight is 386 g/mol. The van der Waals surface area contributed by atoms with Crippen LogP contribution < -0.4 is 10.2 Å². The highest BCUT2D eigenvalue weighted by atomic mass is 16.3. The van der Waals surface area contributed by atoms with Gasteiger partial charge < -0.3 is 14.6 Å². The summed E-state index contributed by atoms with van der Waals surface area (Å²) in [5.74, 6) is 1.97. The third kappa shape index (κ3) is 5.33. The van der Waals surface area contributed by atoms with Gasteiger partial charge in [-0.2, -0.15) is 0 Å². The summed E-state index contributed by atoms with van der Waals surface area (Å²) >= 11 is 0. The Hall–Kier alpha value is -2.38. The van der Waals surface area contributed by atoms with E-state index in [2.05, 4.69) is 38.8 Å². The number of carbonyl (C=O) groups excluding carboxylic acids is 1. The van der Waals surface area contributed by atoms with E-state index in [0.717, 1.165) is 50.8 Å². The molecule has 2 aromatic rings. The van der Waals surface area contributed by atoms with Crippen LogP contribution in [0.2, 0.25) is 0 Å². The van der Waals surface area contributed by atoms with Crippen molar-refractivity contribution in [3.05, 3.63) is 48.6 Å². The fourth-order valence-electron chi connectivity index (χ4n) is 3.70. The highest BCUT2D eigenvalue weighted by molar-refractivity contribution is 5.78. The van der Waals surface area contributed by atoms with Crippen LogP contribution in [0.5, 0.6) is 0 Å². The largest absolute Gasteiger partial charge is 0.468 e. The molecule has 1 saturated heterocycles. The summed E-state index contributed by atoms with van der Waals surface area (Å²) in [5, 5.41) is 3.10. The quantitative estimate of drug-likeness (QED) is 0.712. The number of likely N-dealkylation sites (N-methyl/N-ethyl adjacent to an activating group) is 1. The summed E-state index contributed by atoms with van der Waals surface area (Å²) in [5.41, 5.74) is 0. The zero-order chi connectivity index (χ0) is 19.8. The lowest BCUT2D eigenvalue weighted by Crippen LogP contribution is -2.50. The van der Waals surface area contributed by atoms with Gasteiger partial charge in [0.25, 0.3) is 0 Å². The van der Waals surface area contributed by atoms with Gasteiger partial charge in [0, 0.05) is 38.9 Å². The van der Waals surface area contributed by atoms with Crippen molar-refractivity contribution in [1.82, 2.24) is 20.1 Å². The zero-order valence-electron chi connectivity index (χ0n) is 16.9. The predicted octanol–water partition coefficient (Wildman–Crippen LogP) is 2.00. The number of furan rings is 1. The van der Waals surface area contributed by atoms with E-state index in [4.69, 9.17) is 4.42 Å². The Morgan fingerprint density at radius 2 is 1.96 bits per heavy atom. The average Bonchev–Trinajstić information content (AvgIpc) is 3.27. The molecule has 0 unspecified atom stereocenters. The second-order valence-corrected chi connectivity index (χ2v) is 7.01. The summed E-state index contributed by atoms with van der Waals surface area (Å²) in [7, 11) is 0. The van der Waals surface area contributed by atoms with E-state index in [-0.39, 0.29) is 11.9 Å². The van der Waals surface area contributed by atoms with E-state index in [0.29, 0.717) is 13.1 Å². The number of hydrogen-bond donors (Lipinski definition) is 1. The van der Waals surface area contributed by atoms with E-state index in [1.165, 1.54) is 0 Å². The Bertz CT molecular complexity index is 695. The molecule has 0 spiro atoms. The molecule has 0 aromatic carbocycles. The molecule has 0 bridgehead atoms. The number of nitrogens with zero attached hydrogens (tertiary/aromatic N) is 4. The van der Waals surface area contributed by atoms with Crippen molar-refractivity contribution < 1.29 is 9.21 Å². The first kappa shape index (κ1) is 20.4. The molecule has 1 fully saturated rings. The molecule has 1 aliphatic heterocycles. The third-order valence-electron chi connectivity index (χ3n) is 5.33. The van der Waals surface area contributed by atoms with Crippen molar-refractivity contribution in [2.75, 3.05) is 57.3 Å². The third-order valence-corrected chi connectivity index (χ3v) is 5.33. The molecule has 0 aliphatic carbocycles. The lowest BCUT2D eigenvalue weighted by Gasteiger charge is -2.35. The van der Waals surface area contributed by atoms with Crippen LogP contribution in [-0.2, 0) is 4.79 Å². The minimum absolute atomic E-state index is 0.0648. The number of carbonyl (C=O) groups is 1. The van der Waals surface area contributed by atoms with Crippen LogP contribution in [0.4, 0.5) is 5.82 Å². The molecular formula is C21H31N5O2. The molecule has 3 rings (SSSR count). The van der Waals surface area contributed by atoms with Crippen molar-refractivity contribution in [2.24, 2.45) is 0 Å². The van der Waals surface area contributed by atoms with Crippen LogP contribution in [0.25, 0.3) is 0 Å². The molecule has 1 N–H and O–H groups in total. The molecule has 2 aromatic heterocycles. The van der Waals surface area contributed by atoms with Gasteiger partial charge in [-0.25, -0.2) is 4.98 Å². The number of nitrogens with one attached hydrogen (secondary N) is 1. The molecule has 0 radical (unpaired) electrons. The first-order valence-electron chi connectivity index (χ1n) is 10.1. The molecule has 0 saturated carbocycles. The Morgan fingerprint density at radius 3 is 2.57 bits per heavy atom. The van der Waals surface area contributed by atoms with E-state index in [1.54, 1.807) is 6.26 Å². The van der Waals surface area contributed by atoms with Crippen LogP contribution in [0.15, 0.2) is 47.2 Å². The maximum absolute atomic E-state index is 12.5. The minimum atomic E-state index is 0.0648. The fourth-order valence-corrected chi connectivity index (χ4v) is 3.70. The highest BCUT2D eigenvalue weighted by Gasteiger charge is 2.23. The summed E-state index contributed by atoms with van der Waals surface area (Å²) in [4.78, 5) is 23.7. The second kappa shape index (κ2) is 10.2. The summed E-state index contributed by atoms with van der Waals surface area (Å²) < 4.78 is 5.60. The topological polar surface area (TPSA) is 64.9 Å². The van der Waals surface area contributed by atoms with Crippen molar-refractivity contribution in [3.63, 3.8) is 0 Å². The summed E-state index contributed by atoms with van der Waals surface area (Å²) in [6.45, 7) is 10.6. The number of hydrogen-bond acceptors (Lipinski definition) is 6. The maximum atomic E-state index is 12.5. The fraction of sp³-hybridized carbons (Fsp3) is 0.524. The number of anilines is 1. The molecule has 28 heavy (non-hydrogen) atoms. The van der Waals surface area contributed by atoms with Crippen LogP contribution >= 0.6 is 0 Å². The maximum Gasteiger partial charge on any atom is 0.234 e. The van der Waals surface area contributed by atoms with Crippen molar-refractivity contribution in [1.29, 1.82) is 0 Å². The minimum Gasteiger partial charge on any atom is -0.468 e. The molecule has 152 valence electrons. The number of amides is 1. The molecule has 3 heterocycles. The Morgan fingerprint density at radius 1 is 1.18 bits per heavy atom. The number of aromatic nitrogens is 1. The van der Waals surface area contributed by atoms with Crippen molar-refractivity contribution in [2.45, 2.75) is 19.9 Å². The van der Waals surface area contributed by atoms with Gasteiger partial charge in [0.05, 0.1) is 18.8 Å². The van der Waals surface area contributed by atoms with Crippen LogP contribution in [0.3, 0.4) is 0 Å². The van der Waals surface area contributed by atoms with Gasteiger partial charge in [-0.3, -0.25) is 14.6 Å². The van der Waals surface area contributed by atoms with Crippen LogP contribution in [0, 0.1) is 0 Å². The second-order valence-electron chi connectivity index (χ2n) is 7.01. The number of pyridine rings is 1. The summed E-state index contributed by atoms with van der Waals surface area (Å²) in [6, 6.07) is 9.91. The molecule has 7 heteroatoms. The molecule has 1 aliphatic rings. The van der Waals surface area contributed by atoms with E-state index < -0.39 is 0 Å². The van der Waals surface area contributed by atoms with Crippen LogP contribution in [0.1, 0.15) is 25.6 Å². The van der Waals surface area contributed by atoms with E-state index in [1.807, 2.05) is 36.5 Å². The Labute approximate surface area is 167 Å². The predicted molar refractivity (Wildman–Crippen MR) is 110 cm³/mol. The number of rotatable bonds is 9. The van der Waals surface area contributed by atoms with Gasteiger partial charge in [0.15, 0.2) is 0 Å². The van der Waals surface area contributed by atoms with Crippen molar-refractivity contribution in [3.8, 4) is 0 Å². The zero-order valence-corrected chi connectivity index (χ0v) is 16.9. The molecule has 1 amide bonds. The smallest absolute Gasteiger partial charge is 0.234 e. The van der Waals surface area contributed by atoms with E-state index in [9.17, 15) is 4.79 Å².